The Morgan fingerprint density at radius 3 is 2.33 bits per heavy atom. The standard InChI is InChI=1S/C10H13O5/c1-7(10(13)14)4-3-5-15-9(12)6-8(2)11/h4-5H,3,6H2,1-2H3,(H,13,14). The minimum Gasteiger partial charge on any atom is -0.478 e. The van der Waals surface area contributed by atoms with Crippen LogP contribution in [0.4, 0.5) is 0 Å². The van der Waals surface area contributed by atoms with Gasteiger partial charge in [-0.05, 0) is 13.8 Å². The number of carboxylic acids is 1. The van der Waals surface area contributed by atoms with E-state index >= 15 is 0 Å². The van der Waals surface area contributed by atoms with E-state index in [9.17, 15) is 14.4 Å². The molecule has 0 atom stereocenters. The highest BCUT2D eigenvalue weighted by Crippen LogP contribution is 2.00. The first-order chi connectivity index (χ1) is 6.93. The predicted molar refractivity (Wildman–Crippen MR) is 51.7 cm³/mol. The molecule has 0 bridgehead atoms. The van der Waals surface area contributed by atoms with Crippen LogP contribution in [0.5, 0.6) is 0 Å². The third kappa shape index (κ3) is 7.42. The molecule has 0 aromatic carbocycles. The molecule has 83 valence electrons. The van der Waals surface area contributed by atoms with Crippen LogP contribution in [0.2, 0.25) is 0 Å². The zero-order valence-electron chi connectivity index (χ0n) is 8.65. The SMILES string of the molecule is CC(=O)CC(=O)O[CH]CC=C(C)C(=O)O. The summed E-state index contributed by atoms with van der Waals surface area (Å²) in [6, 6.07) is 0. The summed E-state index contributed by atoms with van der Waals surface area (Å²) in [6.45, 7) is 3.89. The second-order valence-electron chi connectivity index (χ2n) is 2.96. The van der Waals surface area contributed by atoms with Gasteiger partial charge in [-0.1, -0.05) is 6.08 Å². The first-order valence-corrected chi connectivity index (χ1v) is 4.34. The summed E-state index contributed by atoms with van der Waals surface area (Å²) in [7, 11) is 0. The van der Waals surface area contributed by atoms with Crippen molar-refractivity contribution in [1.29, 1.82) is 0 Å². The predicted octanol–water partition coefficient (Wildman–Crippen LogP) is 1.09. The number of esters is 1. The monoisotopic (exact) mass is 213 g/mol. The van der Waals surface area contributed by atoms with E-state index < -0.39 is 11.9 Å². The summed E-state index contributed by atoms with van der Waals surface area (Å²) in [5.41, 5.74) is 0.175. The molecular formula is C10H13O5. The van der Waals surface area contributed by atoms with Crippen molar-refractivity contribution in [3.63, 3.8) is 0 Å². The van der Waals surface area contributed by atoms with Crippen LogP contribution in [0, 0.1) is 6.61 Å². The van der Waals surface area contributed by atoms with Gasteiger partial charge in [-0.2, -0.15) is 0 Å². The van der Waals surface area contributed by atoms with Crippen LogP contribution in [0.15, 0.2) is 11.6 Å². The van der Waals surface area contributed by atoms with Crippen molar-refractivity contribution in [2.75, 3.05) is 0 Å². The molecule has 1 radical (unpaired) electrons. The molecule has 0 aliphatic rings. The maximum Gasteiger partial charge on any atom is 0.330 e. The molecule has 0 saturated heterocycles. The van der Waals surface area contributed by atoms with Crippen molar-refractivity contribution in [2.24, 2.45) is 0 Å². The van der Waals surface area contributed by atoms with Gasteiger partial charge in [0.05, 0.1) is 0 Å². The van der Waals surface area contributed by atoms with Crippen molar-refractivity contribution in [2.45, 2.75) is 26.7 Å². The normalized spacial score (nSPS) is 10.9. The molecule has 0 saturated carbocycles. The van der Waals surface area contributed by atoms with E-state index in [0.717, 1.165) is 6.61 Å². The van der Waals surface area contributed by atoms with Gasteiger partial charge in [0.25, 0.3) is 0 Å². The number of ketones is 1. The number of aliphatic carboxylic acids is 1. The molecule has 0 aliphatic carbocycles. The van der Waals surface area contributed by atoms with Crippen LogP contribution in [-0.4, -0.2) is 22.8 Å². The Morgan fingerprint density at radius 2 is 1.87 bits per heavy atom. The number of carbonyl (C=O) groups excluding carboxylic acids is 2. The lowest BCUT2D eigenvalue weighted by atomic mass is 10.2. The fraction of sp³-hybridized carbons (Fsp3) is 0.400. The average Bonchev–Trinajstić information content (AvgIpc) is 2.10. The smallest absolute Gasteiger partial charge is 0.330 e. The number of ether oxygens (including phenoxy) is 1. The lowest BCUT2D eigenvalue weighted by molar-refractivity contribution is -0.142. The van der Waals surface area contributed by atoms with Crippen molar-refractivity contribution >= 4 is 17.7 Å². The van der Waals surface area contributed by atoms with Crippen LogP contribution in [0.25, 0.3) is 0 Å². The summed E-state index contributed by atoms with van der Waals surface area (Å²) in [5.74, 6) is -1.92. The molecule has 0 aliphatic heterocycles. The number of Topliss-reactive ketones (excluding diaryl/α,β-unsaturated/α-hetero) is 1. The van der Waals surface area contributed by atoms with Gasteiger partial charge >= 0.3 is 11.9 Å². The van der Waals surface area contributed by atoms with Gasteiger partial charge in [-0.15, -0.1) is 0 Å². The highest BCUT2D eigenvalue weighted by atomic mass is 16.5. The fourth-order valence-corrected chi connectivity index (χ4v) is 0.698. The largest absolute Gasteiger partial charge is 0.478 e. The molecule has 5 heteroatoms. The minimum absolute atomic E-state index is 0.175. The summed E-state index contributed by atoms with van der Waals surface area (Å²) >= 11 is 0. The van der Waals surface area contributed by atoms with Gasteiger partial charge in [-0.25, -0.2) is 4.79 Å². The van der Waals surface area contributed by atoms with E-state index in [1.54, 1.807) is 0 Å². The highest BCUT2D eigenvalue weighted by Gasteiger charge is 2.06. The lowest BCUT2D eigenvalue weighted by Crippen LogP contribution is -2.07. The van der Waals surface area contributed by atoms with Crippen molar-refractivity contribution in [1.82, 2.24) is 0 Å². The molecular weight excluding hydrogens is 200 g/mol. The van der Waals surface area contributed by atoms with Gasteiger partial charge in [-0.3, -0.25) is 9.59 Å². The van der Waals surface area contributed by atoms with Gasteiger partial charge in [0, 0.05) is 12.0 Å². The molecule has 0 heterocycles. The summed E-state index contributed by atoms with van der Waals surface area (Å²) in [5, 5.41) is 8.47. The maximum absolute atomic E-state index is 10.8. The Hall–Kier alpha value is -1.65. The Morgan fingerprint density at radius 1 is 1.27 bits per heavy atom. The average molecular weight is 213 g/mol. The Balaban J connectivity index is 3.72. The molecule has 1 N–H and O–H groups in total. The van der Waals surface area contributed by atoms with E-state index in [1.807, 2.05) is 0 Å². The minimum atomic E-state index is -1.02. The van der Waals surface area contributed by atoms with Crippen LogP contribution in [-0.2, 0) is 19.1 Å². The second kappa shape index (κ2) is 6.75. The van der Waals surface area contributed by atoms with Crippen molar-refractivity contribution < 1.29 is 24.2 Å². The topological polar surface area (TPSA) is 80.7 Å². The van der Waals surface area contributed by atoms with Gasteiger partial charge < -0.3 is 9.84 Å². The molecule has 0 fully saturated rings. The highest BCUT2D eigenvalue weighted by molar-refractivity contribution is 5.94. The summed E-state index contributed by atoms with van der Waals surface area (Å²) in [4.78, 5) is 31.6. The molecule has 15 heavy (non-hydrogen) atoms. The Kier molecular flexibility index (Phi) is 6.01. The van der Waals surface area contributed by atoms with E-state index in [-0.39, 0.29) is 24.2 Å². The first-order valence-electron chi connectivity index (χ1n) is 4.34. The molecule has 0 rings (SSSR count). The molecule has 0 spiro atoms. The second-order valence-corrected chi connectivity index (χ2v) is 2.96. The third-order valence-electron chi connectivity index (χ3n) is 1.47. The van der Waals surface area contributed by atoms with Crippen molar-refractivity contribution in [3.05, 3.63) is 18.3 Å². The van der Waals surface area contributed by atoms with Crippen LogP contribution < -0.4 is 0 Å². The molecule has 0 unspecified atom stereocenters. The molecule has 0 aromatic rings. The van der Waals surface area contributed by atoms with E-state index in [4.69, 9.17) is 5.11 Å². The van der Waals surface area contributed by atoms with E-state index in [2.05, 4.69) is 4.74 Å². The van der Waals surface area contributed by atoms with Crippen LogP contribution >= 0.6 is 0 Å². The molecule has 0 amide bonds. The number of hydrogen-bond donors (Lipinski definition) is 1. The van der Waals surface area contributed by atoms with Gasteiger partial charge in [0.1, 0.15) is 18.8 Å². The zero-order chi connectivity index (χ0) is 11.8. The summed E-state index contributed by atoms with van der Waals surface area (Å²) in [6.07, 6.45) is 1.35. The van der Waals surface area contributed by atoms with Gasteiger partial charge in [0.15, 0.2) is 0 Å². The van der Waals surface area contributed by atoms with E-state index in [1.165, 1.54) is 19.9 Å². The fourth-order valence-electron chi connectivity index (χ4n) is 0.698. The number of carboxylic acid groups (broad SMARTS) is 1. The third-order valence-corrected chi connectivity index (χ3v) is 1.47. The van der Waals surface area contributed by atoms with Crippen LogP contribution in [0.3, 0.4) is 0 Å². The molecule has 5 nitrogen and oxygen atoms in total. The quantitative estimate of drug-likeness (QED) is 0.309. The number of rotatable bonds is 6. The molecule has 0 aromatic heterocycles. The lowest BCUT2D eigenvalue weighted by Gasteiger charge is -1.99. The number of carbonyl (C=O) groups is 3. The first kappa shape index (κ1) is 13.4. The summed E-state index contributed by atoms with van der Waals surface area (Å²) < 4.78 is 4.56. The maximum atomic E-state index is 10.8. The Bertz CT molecular complexity index is 290. The Labute approximate surface area is 87.7 Å². The van der Waals surface area contributed by atoms with Crippen LogP contribution in [0.1, 0.15) is 26.7 Å². The van der Waals surface area contributed by atoms with E-state index in [0.29, 0.717) is 0 Å². The van der Waals surface area contributed by atoms with Crippen molar-refractivity contribution in [3.8, 4) is 0 Å². The van der Waals surface area contributed by atoms with Gasteiger partial charge in [0.2, 0.25) is 0 Å². The number of hydrogen-bond acceptors (Lipinski definition) is 4. The zero-order valence-corrected chi connectivity index (χ0v) is 8.65.